The van der Waals surface area contributed by atoms with E-state index in [-0.39, 0.29) is 11.8 Å². The molecule has 0 bridgehead atoms. The molecule has 1 aromatic heterocycles. The van der Waals surface area contributed by atoms with E-state index in [1.807, 2.05) is 65.2 Å². The fourth-order valence-corrected chi connectivity index (χ4v) is 3.92. The first kappa shape index (κ1) is 17.5. The second-order valence-corrected chi connectivity index (χ2v) is 7.19. The smallest absolute Gasteiger partial charge is 0.229 e. The van der Waals surface area contributed by atoms with Crippen molar-refractivity contribution in [1.82, 2.24) is 19.7 Å². The molecule has 0 spiro atoms. The lowest BCUT2D eigenvalue weighted by Crippen LogP contribution is -2.31. The number of imide groups is 1. The molecule has 1 aliphatic rings. The average Bonchev–Trinajstić information content (AvgIpc) is 3.27. The van der Waals surface area contributed by atoms with Crippen LogP contribution >= 0.6 is 11.8 Å². The van der Waals surface area contributed by atoms with Crippen molar-refractivity contribution >= 4 is 23.6 Å². The Bertz CT molecular complexity index is 941. The number of benzene rings is 2. The van der Waals surface area contributed by atoms with Crippen LogP contribution in [0, 0.1) is 0 Å². The van der Waals surface area contributed by atoms with Gasteiger partial charge in [-0.1, -0.05) is 60.3 Å². The van der Waals surface area contributed by atoms with Crippen LogP contribution in [0.5, 0.6) is 0 Å². The molecule has 6 nitrogen and oxygen atoms in total. The number of rotatable bonds is 6. The minimum absolute atomic E-state index is 0.0879. The van der Waals surface area contributed by atoms with Crippen LogP contribution in [-0.4, -0.2) is 43.8 Å². The van der Waals surface area contributed by atoms with Gasteiger partial charge in [-0.3, -0.25) is 19.1 Å². The first-order chi connectivity index (χ1) is 13.2. The van der Waals surface area contributed by atoms with Crippen LogP contribution in [0.3, 0.4) is 0 Å². The monoisotopic (exact) mass is 378 g/mol. The summed E-state index contributed by atoms with van der Waals surface area (Å²) in [4.78, 5) is 24.9. The van der Waals surface area contributed by atoms with E-state index >= 15 is 0 Å². The van der Waals surface area contributed by atoms with Gasteiger partial charge in [0.2, 0.25) is 11.8 Å². The number of hydrogen-bond acceptors (Lipinski definition) is 5. The third-order valence-electron chi connectivity index (χ3n) is 4.38. The third kappa shape index (κ3) is 3.64. The standard InChI is InChI=1S/C20H18N4O2S/c25-17-11-12-18(26)23(17)13-14-27-20-22-21-19(15-7-3-1-4-8-15)24(20)16-9-5-2-6-10-16/h1-10H,11-14H2. The molecule has 1 fully saturated rings. The van der Waals surface area contributed by atoms with Crippen LogP contribution in [0.1, 0.15) is 12.8 Å². The third-order valence-corrected chi connectivity index (χ3v) is 5.29. The van der Waals surface area contributed by atoms with Gasteiger partial charge in [0.05, 0.1) is 0 Å². The molecule has 4 rings (SSSR count). The van der Waals surface area contributed by atoms with Gasteiger partial charge in [0, 0.05) is 36.4 Å². The molecular weight excluding hydrogens is 360 g/mol. The number of aromatic nitrogens is 3. The van der Waals surface area contributed by atoms with Gasteiger partial charge in [-0.25, -0.2) is 0 Å². The number of nitrogens with zero attached hydrogens (tertiary/aromatic N) is 4. The van der Waals surface area contributed by atoms with Crippen molar-refractivity contribution in [3.63, 3.8) is 0 Å². The van der Waals surface area contributed by atoms with Crippen molar-refractivity contribution in [2.45, 2.75) is 18.0 Å². The molecular formula is C20H18N4O2S. The summed E-state index contributed by atoms with van der Waals surface area (Å²) in [6.07, 6.45) is 0.643. The Morgan fingerprint density at radius 1 is 0.852 bits per heavy atom. The minimum atomic E-state index is -0.0879. The fourth-order valence-electron chi connectivity index (χ4n) is 3.05. The molecule has 2 amide bonds. The van der Waals surface area contributed by atoms with E-state index in [0.29, 0.717) is 25.1 Å². The van der Waals surface area contributed by atoms with E-state index in [0.717, 1.165) is 22.2 Å². The molecule has 2 heterocycles. The predicted octanol–water partition coefficient (Wildman–Crippen LogP) is 3.18. The molecule has 0 aliphatic carbocycles. The van der Waals surface area contributed by atoms with E-state index in [1.165, 1.54) is 16.7 Å². The van der Waals surface area contributed by atoms with Crippen molar-refractivity contribution in [3.05, 3.63) is 60.7 Å². The van der Waals surface area contributed by atoms with Gasteiger partial charge in [0.15, 0.2) is 11.0 Å². The summed E-state index contributed by atoms with van der Waals surface area (Å²) < 4.78 is 2.01. The Hall–Kier alpha value is -2.93. The second kappa shape index (κ2) is 7.75. The molecule has 0 N–H and O–H groups in total. The van der Waals surface area contributed by atoms with Gasteiger partial charge in [-0.15, -0.1) is 10.2 Å². The first-order valence-corrected chi connectivity index (χ1v) is 9.75. The van der Waals surface area contributed by atoms with Crippen molar-refractivity contribution in [2.24, 2.45) is 0 Å². The summed E-state index contributed by atoms with van der Waals surface area (Å²) in [5.41, 5.74) is 1.95. The summed E-state index contributed by atoms with van der Waals surface area (Å²) in [5, 5.41) is 9.48. The van der Waals surface area contributed by atoms with Crippen LogP contribution in [0.4, 0.5) is 0 Å². The molecule has 0 unspecified atom stereocenters. The van der Waals surface area contributed by atoms with Crippen LogP contribution in [0.2, 0.25) is 0 Å². The Morgan fingerprint density at radius 3 is 2.15 bits per heavy atom. The van der Waals surface area contributed by atoms with Crippen molar-refractivity contribution < 1.29 is 9.59 Å². The van der Waals surface area contributed by atoms with Crippen LogP contribution < -0.4 is 0 Å². The Morgan fingerprint density at radius 2 is 1.48 bits per heavy atom. The van der Waals surface area contributed by atoms with Crippen molar-refractivity contribution in [2.75, 3.05) is 12.3 Å². The largest absolute Gasteiger partial charge is 0.282 e. The maximum atomic E-state index is 11.8. The van der Waals surface area contributed by atoms with Gasteiger partial charge in [0.25, 0.3) is 0 Å². The lowest BCUT2D eigenvalue weighted by atomic mass is 10.2. The highest BCUT2D eigenvalue weighted by Gasteiger charge is 2.28. The quantitative estimate of drug-likeness (QED) is 0.487. The maximum Gasteiger partial charge on any atom is 0.229 e. The van der Waals surface area contributed by atoms with Crippen molar-refractivity contribution in [3.8, 4) is 17.1 Å². The first-order valence-electron chi connectivity index (χ1n) is 8.76. The van der Waals surface area contributed by atoms with Gasteiger partial charge >= 0.3 is 0 Å². The minimum Gasteiger partial charge on any atom is -0.282 e. The van der Waals surface area contributed by atoms with E-state index < -0.39 is 0 Å². The number of amides is 2. The average molecular weight is 378 g/mol. The predicted molar refractivity (Wildman–Crippen MR) is 103 cm³/mol. The number of para-hydroxylation sites is 1. The zero-order valence-electron chi connectivity index (χ0n) is 14.6. The SMILES string of the molecule is O=C1CCC(=O)N1CCSc1nnc(-c2ccccc2)n1-c1ccccc1. The fraction of sp³-hybridized carbons (Fsp3) is 0.200. The van der Waals surface area contributed by atoms with Crippen LogP contribution in [-0.2, 0) is 9.59 Å². The van der Waals surface area contributed by atoms with E-state index in [1.54, 1.807) is 0 Å². The van der Waals surface area contributed by atoms with Crippen molar-refractivity contribution in [1.29, 1.82) is 0 Å². The summed E-state index contributed by atoms with van der Waals surface area (Å²) in [6.45, 7) is 0.394. The maximum absolute atomic E-state index is 11.8. The van der Waals surface area contributed by atoms with E-state index in [2.05, 4.69) is 10.2 Å². The summed E-state index contributed by atoms with van der Waals surface area (Å²) >= 11 is 1.49. The highest BCUT2D eigenvalue weighted by Crippen LogP contribution is 2.28. The molecule has 2 aromatic carbocycles. The number of carbonyl (C=O) groups excluding carboxylic acids is 2. The lowest BCUT2D eigenvalue weighted by molar-refractivity contribution is -0.137. The van der Waals surface area contributed by atoms with Crippen LogP contribution in [0.15, 0.2) is 65.8 Å². The Kier molecular flexibility index (Phi) is 5.02. The normalized spacial score (nSPS) is 14.1. The van der Waals surface area contributed by atoms with Gasteiger partial charge < -0.3 is 0 Å². The molecule has 136 valence electrons. The number of carbonyl (C=O) groups is 2. The zero-order chi connectivity index (χ0) is 18.6. The summed E-state index contributed by atoms with van der Waals surface area (Å²) in [7, 11) is 0. The molecule has 0 saturated carbocycles. The van der Waals surface area contributed by atoms with Gasteiger partial charge in [-0.2, -0.15) is 0 Å². The highest BCUT2D eigenvalue weighted by molar-refractivity contribution is 7.99. The van der Waals surface area contributed by atoms with Gasteiger partial charge in [-0.05, 0) is 12.1 Å². The number of thioether (sulfide) groups is 1. The lowest BCUT2D eigenvalue weighted by Gasteiger charge is -2.14. The van der Waals surface area contributed by atoms with E-state index in [4.69, 9.17) is 0 Å². The van der Waals surface area contributed by atoms with E-state index in [9.17, 15) is 9.59 Å². The number of hydrogen-bond donors (Lipinski definition) is 0. The molecule has 1 aliphatic heterocycles. The molecule has 7 heteroatoms. The van der Waals surface area contributed by atoms with Crippen LogP contribution in [0.25, 0.3) is 17.1 Å². The zero-order valence-corrected chi connectivity index (χ0v) is 15.4. The molecule has 0 atom stereocenters. The molecule has 1 saturated heterocycles. The highest BCUT2D eigenvalue weighted by atomic mass is 32.2. The molecule has 0 radical (unpaired) electrons. The second-order valence-electron chi connectivity index (χ2n) is 6.13. The Labute approximate surface area is 161 Å². The number of likely N-dealkylation sites (tertiary alicyclic amines) is 1. The summed E-state index contributed by atoms with van der Waals surface area (Å²) in [6, 6.07) is 19.8. The Balaban J connectivity index is 1.60. The summed E-state index contributed by atoms with van der Waals surface area (Å²) in [5.74, 6) is 1.17. The molecule has 3 aromatic rings. The molecule has 27 heavy (non-hydrogen) atoms. The topological polar surface area (TPSA) is 68.1 Å². The van der Waals surface area contributed by atoms with Gasteiger partial charge in [0.1, 0.15) is 0 Å².